The van der Waals surface area contributed by atoms with E-state index in [1.807, 2.05) is 18.5 Å². The van der Waals surface area contributed by atoms with Gasteiger partial charge in [-0.3, -0.25) is 0 Å². The Bertz CT molecular complexity index is 651. The van der Waals surface area contributed by atoms with Crippen molar-refractivity contribution in [3.05, 3.63) is 30.0 Å². The summed E-state index contributed by atoms with van der Waals surface area (Å²) in [5.74, 6) is 2.99. The zero-order chi connectivity index (χ0) is 16.9. The number of oxazole rings is 1. The van der Waals surface area contributed by atoms with Crippen molar-refractivity contribution in [2.45, 2.75) is 46.2 Å². The van der Waals surface area contributed by atoms with Gasteiger partial charge in [-0.25, -0.2) is 9.98 Å². The molecular weight excluding hydrogens is 294 g/mol. The van der Waals surface area contributed by atoms with Crippen molar-refractivity contribution >= 4 is 5.96 Å². The number of aliphatic imine (C=N–C) groups is 1. The summed E-state index contributed by atoms with van der Waals surface area (Å²) < 4.78 is 7.61. The largest absolute Gasteiger partial charge is 0.443 e. The highest BCUT2D eigenvalue weighted by molar-refractivity contribution is 5.79. The van der Waals surface area contributed by atoms with Crippen LogP contribution in [0.1, 0.15) is 45.2 Å². The van der Waals surface area contributed by atoms with Gasteiger partial charge in [-0.15, -0.1) is 10.2 Å². The molecule has 0 atom stereocenters. The normalized spacial score (nSPS) is 12.5. The van der Waals surface area contributed by atoms with Gasteiger partial charge in [0.15, 0.2) is 11.8 Å². The van der Waals surface area contributed by atoms with E-state index in [1.165, 1.54) is 0 Å². The molecule has 126 valence electrons. The topological polar surface area (TPSA) is 93.2 Å². The number of rotatable bonds is 5. The molecule has 0 saturated carbocycles. The maximum absolute atomic E-state index is 5.76. The van der Waals surface area contributed by atoms with Crippen LogP contribution in [0.3, 0.4) is 0 Å². The lowest BCUT2D eigenvalue weighted by Gasteiger charge is -2.13. The van der Waals surface area contributed by atoms with Gasteiger partial charge in [0.25, 0.3) is 0 Å². The fourth-order valence-electron chi connectivity index (χ4n) is 1.84. The summed E-state index contributed by atoms with van der Waals surface area (Å²) in [7, 11) is 1.89. The highest BCUT2D eigenvalue weighted by Gasteiger charge is 2.19. The third-order valence-electron chi connectivity index (χ3n) is 3.23. The Kier molecular flexibility index (Phi) is 5.36. The second-order valence-corrected chi connectivity index (χ2v) is 6.28. The number of nitrogens with zero attached hydrogens (tertiary/aromatic N) is 5. The molecule has 0 aliphatic carbocycles. The molecule has 0 unspecified atom stereocenters. The van der Waals surface area contributed by atoms with Crippen LogP contribution in [0, 0.1) is 0 Å². The fraction of sp³-hybridized carbons (Fsp3) is 0.600. The SMILES string of the molecule is CCNC(=NCc1nncn1C)NCc1ncc(C(C)(C)C)o1. The van der Waals surface area contributed by atoms with Crippen LogP contribution in [-0.2, 0) is 25.6 Å². The van der Waals surface area contributed by atoms with Gasteiger partial charge in [0.05, 0.1) is 12.7 Å². The molecular formula is C15H25N7O. The van der Waals surface area contributed by atoms with Crippen molar-refractivity contribution in [2.24, 2.45) is 12.0 Å². The van der Waals surface area contributed by atoms with Crippen molar-refractivity contribution in [2.75, 3.05) is 6.54 Å². The second kappa shape index (κ2) is 7.26. The summed E-state index contributed by atoms with van der Waals surface area (Å²) in [5, 5.41) is 14.3. The lowest BCUT2D eigenvalue weighted by atomic mass is 9.94. The first kappa shape index (κ1) is 17.0. The van der Waals surface area contributed by atoms with Crippen LogP contribution in [0.25, 0.3) is 0 Å². The number of hydrogen-bond donors (Lipinski definition) is 2. The molecule has 2 aromatic heterocycles. The van der Waals surface area contributed by atoms with Gasteiger partial charge in [0, 0.05) is 19.0 Å². The van der Waals surface area contributed by atoms with Crippen molar-refractivity contribution < 1.29 is 4.42 Å². The number of aryl methyl sites for hydroxylation is 1. The number of hydrogen-bond acceptors (Lipinski definition) is 5. The van der Waals surface area contributed by atoms with E-state index >= 15 is 0 Å². The predicted molar refractivity (Wildman–Crippen MR) is 87.9 cm³/mol. The minimum atomic E-state index is -0.0466. The van der Waals surface area contributed by atoms with Crippen molar-refractivity contribution in [3.8, 4) is 0 Å². The predicted octanol–water partition coefficient (Wildman–Crippen LogP) is 1.36. The van der Waals surface area contributed by atoms with Crippen LogP contribution >= 0.6 is 0 Å². The van der Waals surface area contributed by atoms with E-state index < -0.39 is 0 Å². The number of nitrogens with one attached hydrogen (secondary N) is 2. The Hall–Kier alpha value is -2.38. The van der Waals surface area contributed by atoms with E-state index in [1.54, 1.807) is 12.5 Å². The van der Waals surface area contributed by atoms with Gasteiger partial charge in [-0.2, -0.15) is 0 Å². The Morgan fingerprint density at radius 1 is 1.35 bits per heavy atom. The molecule has 2 rings (SSSR count). The molecule has 0 radical (unpaired) electrons. The first-order valence-electron chi connectivity index (χ1n) is 7.70. The van der Waals surface area contributed by atoms with Crippen molar-refractivity contribution in [1.29, 1.82) is 0 Å². The van der Waals surface area contributed by atoms with Gasteiger partial charge in [-0.05, 0) is 6.92 Å². The summed E-state index contributed by atoms with van der Waals surface area (Å²) in [4.78, 5) is 8.79. The standard InChI is InChI=1S/C15H25N7O/c1-6-16-14(18-8-12-21-20-10-22(12)5)19-9-13-17-7-11(23-13)15(2,3)4/h7,10H,6,8-9H2,1-5H3,(H2,16,18,19). The molecule has 0 fully saturated rings. The summed E-state index contributed by atoms with van der Waals surface area (Å²) >= 11 is 0. The van der Waals surface area contributed by atoms with Crippen LogP contribution in [0.2, 0.25) is 0 Å². The molecule has 0 amide bonds. The molecule has 23 heavy (non-hydrogen) atoms. The lowest BCUT2D eigenvalue weighted by molar-refractivity contribution is 0.379. The molecule has 8 nitrogen and oxygen atoms in total. The van der Waals surface area contributed by atoms with Crippen LogP contribution in [0.4, 0.5) is 0 Å². The minimum absolute atomic E-state index is 0.0466. The van der Waals surface area contributed by atoms with Crippen LogP contribution in [0.15, 0.2) is 21.9 Å². The summed E-state index contributed by atoms with van der Waals surface area (Å²) in [6.07, 6.45) is 3.44. The molecule has 2 N–H and O–H groups in total. The molecule has 0 spiro atoms. The number of aromatic nitrogens is 4. The zero-order valence-electron chi connectivity index (χ0n) is 14.4. The fourth-order valence-corrected chi connectivity index (χ4v) is 1.84. The van der Waals surface area contributed by atoms with Gasteiger partial charge >= 0.3 is 0 Å². The first-order chi connectivity index (χ1) is 10.9. The Morgan fingerprint density at radius 3 is 2.70 bits per heavy atom. The zero-order valence-corrected chi connectivity index (χ0v) is 14.4. The third-order valence-corrected chi connectivity index (χ3v) is 3.23. The van der Waals surface area contributed by atoms with Crippen molar-refractivity contribution in [3.63, 3.8) is 0 Å². The van der Waals surface area contributed by atoms with Gasteiger partial charge in [0.1, 0.15) is 18.6 Å². The Labute approximate surface area is 136 Å². The Morgan fingerprint density at radius 2 is 2.13 bits per heavy atom. The van der Waals surface area contributed by atoms with E-state index in [2.05, 4.69) is 51.6 Å². The monoisotopic (exact) mass is 319 g/mol. The van der Waals surface area contributed by atoms with E-state index in [4.69, 9.17) is 4.42 Å². The number of guanidine groups is 1. The molecule has 2 aromatic rings. The molecule has 0 aliphatic heterocycles. The molecule has 0 bridgehead atoms. The quantitative estimate of drug-likeness (QED) is 0.638. The lowest BCUT2D eigenvalue weighted by Crippen LogP contribution is -2.37. The maximum atomic E-state index is 5.76. The highest BCUT2D eigenvalue weighted by atomic mass is 16.4. The average molecular weight is 319 g/mol. The molecule has 0 aliphatic rings. The highest BCUT2D eigenvalue weighted by Crippen LogP contribution is 2.22. The summed E-state index contributed by atoms with van der Waals surface area (Å²) in [5.41, 5.74) is -0.0466. The molecule has 8 heteroatoms. The molecule has 0 saturated heterocycles. The maximum Gasteiger partial charge on any atom is 0.213 e. The van der Waals surface area contributed by atoms with Crippen LogP contribution in [-0.4, -0.2) is 32.3 Å². The van der Waals surface area contributed by atoms with Gasteiger partial charge in [0.2, 0.25) is 5.89 Å². The first-order valence-corrected chi connectivity index (χ1v) is 7.70. The average Bonchev–Trinajstić information content (AvgIpc) is 3.10. The van der Waals surface area contributed by atoms with Gasteiger partial charge < -0.3 is 19.6 Å². The summed E-state index contributed by atoms with van der Waals surface area (Å²) in [6, 6.07) is 0. The van der Waals surface area contributed by atoms with E-state index in [9.17, 15) is 0 Å². The Balaban J connectivity index is 1.96. The minimum Gasteiger partial charge on any atom is -0.443 e. The van der Waals surface area contributed by atoms with Crippen LogP contribution in [0.5, 0.6) is 0 Å². The summed E-state index contributed by atoms with van der Waals surface area (Å²) in [6.45, 7) is 9.99. The second-order valence-electron chi connectivity index (χ2n) is 6.28. The third kappa shape index (κ3) is 4.80. The molecule has 2 heterocycles. The van der Waals surface area contributed by atoms with E-state index in [0.29, 0.717) is 24.9 Å². The van der Waals surface area contributed by atoms with E-state index in [0.717, 1.165) is 18.1 Å². The van der Waals surface area contributed by atoms with Crippen molar-refractivity contribution in [1.82, 2.24) is 30.4 Å². The smallest absolute Gasteiger partial charge is 0.213 e. The van der Waals surface area contributed by atoms with Gasteiger partial charge in [-0.1, -0.05) is 20.8 Å². The molecule has 0 aromatic carbocycles. The van der Waals surface area contributed by atoms with Crippen LogP contribution < -0.4 is 10.6 Å². The van der Waals surface area contributed by atoms with E-state index in [-0.39, 0.29) is 5.41 Å².